The first-order valence-electron chi connectivity index (χ1n) is 8.56. The van der Waals surface area contributed by atoms with E-state index in [0.29, 0.717) is 26.4 Å². The van der Waals surface area contributed by atoms with E-state index in [-0.39, 0.29) is 6.10 Å². The third kappa shape index (κ3) is 7.01. The van der Waals surface area contributed by atoms with Crippen LogP contribution in [0.4, 0.5) is 0 Å². The van der Waals surface area contributed by atoms with Gasteiger partial charge in [0.2, 0.25) is 0 Å². The molecule has 0 aliphatic carbocycles. The number of benzene rings is 1. The topological polar surface area (TPSA) is 51.2 Å². The Morgan fingerprint density at radius 3 is 2.88 bits per heavy atom. The van der Waals surface area contributed by atoms with Crippen molar-refractivity contribution in [2.24, 2.45) is 0 Å². The minimum Gasteiger partial charge on any atom is -0.490 e. The summed E-state index contributed by atoms with van der Waals surface area (Å²) in [5.41, 5.74) is 1.18. The van der Waals surface area contributed by atoms with Gasteiger partial charge in [-0.15, -0.1) is 0 Å². The van der Waals surface area contributed by atoms with Crippen LogP contribution in [0.25, 0.3) is 0 Å². The molecule has 1 saturated heterocycles. The summed E-state index contributed by atoms with van der Waals surface area (Å²) in [7, 11) is 1.99. The minimum absolute atomic E-state index is 0.205. The molecule has 5 heteroatoms. The average Bonchev–Trinajstić information content (AvgIpc) is 3.07. The second-order valence-electron chi connectivity index (χ2n) is 6.27. The van der Waals surface area contributed by atoms with Crippen molar-refractivity contribution in [2.75, 3.05) is 40.0 Å². The molecule has 1 fully saturated rings. The standard InChI is InChI=1S/C19H29NO4/c1-3-10-23-18-8-6-16(7-9-18)12-20(2)13-17(21)14-22-15-19-5-4-11-24-19/h3,6-9,17,19,21H,1,4-5,10-15H2,2H3. The summed E-state index contributed by atoms with van der Waals surface area (Å²) >= 11 is 0. The van der Waals surface area contributed by atoms with Crippen LogP contribution in [0, 0.1) is 0 Å². The molecule has 0 bridgehead atoms. The van der Waals surface area contributed by atoms with Crippen molar-refractivity contribution >= 4 is 0 Å². The number of hydrogen-bond acceptors (Lipinski definition) is 5. The lowest BCUT2D eigenvalue weighted by atomic mass is 10.2. The maximum atomic E-state index is 10.1. The van der Waals surface area contributed by atoms with Gasteiger partial charge in [-0.05, 0) is 37.6 Å². The van der Waals surface area contributed by atoms with Gasteiger partial charge in [0, 0.05) is 19.7 Å². The predicted molar refractivity (Wildman–Crippen MR) is 94.3 cm³/mol. The van der Waals surface area contributed by atoms with Gasteiger partial charge in [-0.25, -0.2) is 0 Å². The Morgan fingerprint density at radius 1 is 1.42 bits per heavy atom. The summed E-state index contributed by atoms with van der Waals surface area (Å²) in [6.45, 7) is 7.23. The number of aliphatic hydroxyl groups is 1. The lowest BCUT2D eigenvalue weighted by Crippen LogP contribution is -2.32. The van der Waals surface area contributed by atoms with E-state index in [0.717, 1.165) is 31.7 Å². The van der Waals surface area contributed by atoms with Crippen LogP contribution in [-0.2, 0) is 16.0 Å². The van der Waals surface area contributed by atoms with Gasteiger partial charge in [-0.2, -0.15) is 0 Å². The highest BCUT2D eigenvalue weighted by Gasteiger charge is 2.16. The SMILES string of the molecule is C=CCOc1ccc(CN(C)CC(O)COCC2CCCO2)cc1. The molecule has 2 rings (SSSR count). The Balaban J connectivity index is 1.63. The third-order valence-electron chi connectivity index (χ3n) is 3.90. The number of likely N-dealkylation sites (N-methyl/N-ethyl adjacent to an activating group) is 1. The Bertz CT molecular complexity index is 471. The first-order valence-corrected chi connectivity index (χ1v) is 8.56. The second-order valence-corrected chi connectivity index (χ2v) is 6.27. The van der Waals surface area contributed by atoms with E-state index in [2.05, 4.69) is 11.5 Å². The van der Waals surface area contributed by atoms with E-state index >= 15 is 0 Å². The van der Waals surface area contributed by atoms with Gasteiger partial charge in [0.15, 0.2) is 0 Å². The molecule has 1 aromatic carbocycles. The van der Waals surface area contributed by atoms with Crippen LogP contribution in [0.2, 0.25) is 0 Å². The zero-order valence-electron chi connectivity index (χ0n) is 14.5. The van der Waals surface area contributed by atoms with Gasteiger partial charge < -0.3 is 19.3 Å². The van der Waals surface area contributed by atoms with Crippen molar-refractivity contribution in [3.05, 3.63) is 42.5 Å². The fraction of sp³-hybridized carbons (Fsp3) is 0.579. The summed E-state index contributed by atoms with van der Waals surface area (Å²) in [6.07, 6.45) is 3.60. The van der Waals surface area contributed by atoms with Crippen molar-refractivity contribution in [3.63, 3.8) is 0 Å². The Kier molecular flexibility index (Phi) is 8.25. The maximum absolute atomic E-state index is 10.1. The van der Waals surface area contributed by atoms with Crippen molar-refractivity contribution in [2.45, 2.75) is 31.6 Å². The van der Waals surface area contributed by atoms with Crippen LogP contribution in [-0.4, -0.2) is 62.2 Å². The first-order chi connectivity index (χ1) is 11.7. The first kappa shape index (κ1) is 18.9. The summed E-state index contributed by atoms with van der Waals surface area (Å²) in [4.78, 5) is 2.08. The third-order valence-corrected chi connectivity index (χ3v) is 3.90. The molecule has 24 heavy (non-hydrogen) atoms. The molecular formula is C19H29NO4. The van der Waals surface area contributed by atoms with Gasteiger partial charge in [0.25, 0.3) is 0 Å². The number of hydrogen-bond donors (Lipinski definition) is 1. The number of aliphatic hydroxyl groups excluding tert-OH is 1. The molecule has 1 aromatic rings. The van der Waals surface area contributed by atoms with Crippen molar-refractivity contribution in [3.8, 4) is 5.75 Å². The smallest absolute Gasteiger partial charge is 0.119 e. The van der Waals surface area contributed by atoms with E-state index in [1.54, 1.807) is 6.08 Å². The molecule has 5 nitrogen and oxygen atoms in total. The molecule has 0 aromatic heterocycles. The largest absolute Gasteiger partial charge is 0.490 e. The highest BCUT2D eigenvalue weighted by Crippen LogP contribution is 2.14. The lowest BCUT2D eigenvalue weighted by Gasteiger charge is -2.21. The molecule has 0 amide bonds. The quantitative estimate of drug-likeness (QED) is 0.629. The van der Waals surface area contributed by atoms with E-state index in [1.165, 1.54) is 5.56 Å². The predicted octanol–water partition coefficient (Wildman–Crippen LogP) is 2.24. The molecule has 2 unspecified atom stereocenters. The molecule has 1 aliphatic heterocycles. The number of rotatable bonds is 11. The maximum Gasteiger partial charge on any atom is 0.119 e. The zero-order chi connectivity index (χ0) is 17.2. The molecule has 1 N–H and O–H groups in total. The number of ether oxygens (including phenoxy) is 3. The van der Waals surface area contributed by atoms with Crippen LogP contribution < -0.4 is 4.74 Å². The van der Waals surface area contributed by atoms with Gasteiger partial charge >= 0.3 is 0 Å². The van der Waals surface area contributed by atoms with E-state index < -0.39 is 6.10 Å². The van der Waals surface area contributed by atoms with Crippen LogP contribution in [0.1, 0.15) is 18.4 Å². The van der Waals surface area contributed by atoms with Crippen molar-refractivity contribution in [1.82, 2.24) is 4.90 Å². The van der Waals surface area contributed by atoms with Crippen LogP contribution in [0.3, 0.4) is 0 Å². The molecule has 1 aliphatic rings. The Labute approximate surface area is 144 Å². The molecule has 0 saturated carbocycles. The highest BCUT2D eigenvalue weighted by atomic mass is 16.5. The lowest BCUT2D eigenvalue weighted by molar-refractivity contribution is -0.0238. The van der Waals surface area contributed by atoms with E-state index in [4.69, 9.17) is 14.2 Å². The summed E-state index contributed by atoms with van der Waals surface area (Å²) < 4.78 is 16.5. The second kappa shape index (κ2) is 10.5. The van der Waals surface area contributed by atoms with Gasteiger partial charge in [-0.3, -0.25) is 4.90 Å². The molecule has 0 spiro atoms. The van der Waals surface area contributed by atoms with Crippen LogP contribution in [0.15, 0.2) is 36.9 Å². The summed E-state index contributed by atoms with van der Waals surface area (Å²) in [5.74, 6) is 0.837. The molecule has 1 heterocycles. The molecule has 2 atom stereocenters. The summed E-state index contributed by atoms with van der Waals surface area (Å²) in [6, 6.07) is 7.98. The molecule has 134 valence electrons. The fourth-order valence-corrected chi connectivity index (χ4v) is 2.75. The van der Waals surface area contributed by atoms with E-state index in [9.17, 15) is 5.11 Å². The van der Waals surface area contributed by atoms with Gasteiger partial charge in [0.05, 0.1) is 25.4 Å². The van der Waals surface area contributed by atoms with Crippen molar-refractivity contribution in [1.29, 1.82) is 0 Å². The van der Waals surface area contributed by atoms with E-state index in [1.807, 2.05) is 31.3 Å². The highest BCUT2D eigenvalue weighted by molar-refractivity contribution is 5.27. The van der Waals surface area contributed by atoms with Gasteiger partial charge in [0.1, 0.15) is 12.4 Å². The number of nitrogens with zero attached hydrogens (tertiary/aromatic N) is 1. The van der Waals surface area contributed by atoms with Crippen molar-refractivity contribution < 1.29 is 19.3 Å². The van der Waals surface area contributed by atoms with Gasteiger partial charge in [-0.1, -0.05) is 24.8 Å². The monoisotopic (exact) mass is 335 g/mol. The minimum atomic E-state index is -0.494. The average molecular weight is 335 g/mol. The van der Waals surface area contributed by atoms with Crippen LogP contribution in [0.5, 0.6) is 5.75 Å². The summed E-state index contributed by atoms with van der Waals surface area (Å²) in [5, 5.41) is 10.1. The fourth-order valence-electron chi connectivity index (χ4n) is 2.75. The normalized spacial score (nSPS) is 18.7. The Morgan fingerprint density at radius 2 is 2.21 bits per heavy atom. The Hall–Kier alpha value is -1.40. The molecule has 0 radical (unpaired) electrons. The van der Waals surface area contributed by atoms with Crippen LogP contribution >= 0.6 is 0 Å². The zero-order valence-corrected chi connectivity index (χ0v) is 14.5. The molecular weight excluding hydrogens is 306 g/mol.